The number of hydrogen-bond donors (Lipinski definition) is 3. The molecule has 3 atom stereocenters. The molecular formula is C27H35ClF2N4O5S2. The highest BCUT2D eigenvalue weighted by Crippen LogP contribution is 2.47. The van der Waals surface area contributed by atoms with Crippen LogP contribution in [0, 0.1) is 11.6 Å². The van der Waals surface area contributed by atoms with E-state index in [9.17, 15) is 23.0 Å². The third kappa shape index (κ3) is 7.39. The predicted octanol–water partition coefficient (Wildman–Crippen LogP) is 4.20. The van der Waals surface area contributed by atoms with Gasteiger partial charge in [0.15, 0.2) is 17.4 Å². The molecule has 3 aliphatic heterocycles. The third-order valence-electron chi connectivity index (χ3n) is 7.55. The van der Waals surface area contributed by atoms with Crippen LogP contribution in [-0.4, -0.2) is 91.1 Å². The number of hydrogen-bond acceptors (Lipinski definition) is 8. The van der Waals surface area contributed by atoms with E-state index in [-0.39, 0.29) is 23.2 Å². The normalized spacial score (nSPS) is 23.9. The molecule has 2 bridgehead atoms. The van der Waals surface area contributed by atoms with Gasteiger partial charge in [0, 0.05) is 42.7 Å². The molecule has 3 fully saturated rings. The van der Waals surface area contributed by atoms with Gasteiger partial charge in [0.2, 0.25) is 0 Å². The number of nitrogens with one attached hydrogen (secondary N) is 1. The first-order valence-corrected chi connectivity index (χ1v) is 15.9. The van der Waals surface area contributed by atoms with E-state index >= 15 is 0 Å². The van der Waals surface area contributed by atoms with Gasteiger partial charge in [0.25, 0.3) is 5.91 Å². The Morgan fingerprint density at radius 3 is 2.46 bits per heavy atom. The summed E-state index contributed by atoms with van der Waals surface area (Å²) in [5.41, 5.74) is 0.570. The fourth-order valence-corrected chi connectivity index (χ4v) is 8.30. The van der Waals surface area contributed by atoms with E-state index in [1.807, 2.05) is 0 Å². The first-order valence-electron chi connectivity index (χ1n) is 13.4. The number of ether oxygens (including phenoxy) is 1. The van der Waals surface area contributed by atoms with Crippen LogP contribution in [0.15, 0.2) is 41.3 Å². The zero-order chi connectivity index (χ0) is 29.6. The monoisotopic (exact) mass is 632 g/mol. The number of nitrogens with zero attached hydrogens (tertiary/aromatic N) is 3. The molecule has 3 unspecified atom stereocenters. The average molecular weight is 633 g/mol. The van der Waals surface area contributed by atoms with Crippen LogP contribution in [0.25, 0.3) is 0 Å². The number of fused-ring (bicyclic) bond motifs is 2. The minimum Gasteiger partial charge on any atom is -0.451 e. The van der Waals surface area contributed by atoms with Crippen molar-refractivity contribution in [1.29, 1.82) is 0 Å². The number of aliphatic hydroxyl groups excluding tert-OH is 1. The predicted molar refractivity (Wildman–Crippen MR) is 154 cm³/mol. The highest BCUT2D eigenvalue weighted by Gasteiger charge is 2.57. The number of piperidine rings is 1. The van der Waals surface area contributed by atoms with Crippen LogP contribution in [-0.2, 0) is 15.8 Å². The number of likely N-dealkylation sites (tertiary alicyclic amines) is 1. The zero-order valence-electron chi connectivity index (χ0n) is 22.7. The molecule has 3 aliphatic rings. The van der Waals surface area contributed by atoms with E-state index in [1.54, 1.807) is 26.2 Å². The third-order valence-corrected chi connectivity index (χ3v) is 10.5. The fourth-order valence-electron chi connectivity index (χ4n) is 5.53. The Hall–Kier alpha value is -1.84. The number of amides is 1. The van der Waals surface area contributed by atoms with E-state index in [2.05, 4.69) is 4.90 Å². The minimum atomic E-state index is -1.30. The van der Waals surface area contributed by atoms with E-state index < -0.39 is 39.8 Å². The van der Waals surface area contributed by atoms with Gasteiger partial charge in [-0.15, -0.1) is 0 Å². The van der Waals surface area contributed by atoms with Gasteiger partial charge in [0.1, 0.15) is 11.3 Å². The van der Waals surface area contributed by atoms with Crippen molar-refractivity contribution in [2.24, 2.45) is 0 Å². The van der Waals surface area contributed by atoms with Crippen LogP contribution in [0.5, 0.6) is 11.5 Å². The molecule has 2 aromatic rings. The highest BCUT2D eigenvalue weighted by molar-refractivity contribution is 7.97. The quantitative estimate of drug-likeness (QED) is 0.215. The lowest BCUT2D eigenvalue weighted by Gasteiger charge is -2.46. The first kappa shape index (κ1) is 32.1. The van der Waals surface area contributed by atoms with Gasteiger partial charge in [-0.2, -0.15) is 0 Å². The Labute approximate surface area is 250 Å². The SMILES string of the molecule is CO.O=C(NO)C12CCC(CN(S(=O)CCN3CCCCC3)C1)N2Sc1cc(F)c(Oc2ccc(Cl)cc2)c(F)c1. The molecule has 1 amide bonds. The second kappa shape index (κ2) is 14.6. The molecule has 2 aromatic carbocycles. The molecule has 3 heterocycles. The lowest BCUT2D eigenvalue weighted by atomic mass is 9.97. The summed E-state index contributed by atoms with van der Waals surface area (Å²) in [7, 11) is -0.298. The number of carbonyl (C=O) groups excluding carboxylic acids is 1. The van der Waals surface area contributed by atoms with E-state index in [1.165, 1.54) is 18.6 Å². The summed E-state index contributed by atoms with van der Waals surface area (Å²) < 4.78 is 52.2. The van der Waals surface area contributed by atoms with Crippen LogP contribution >= 0.6 is 23.5 Å². The summed E-state index contributed by atoms with van der Waals surface area (Å²) in [5.74, 6) is -2.24. The molecule has 3 saturated heterocycles. The van der Waals surface area contributed by atoms with Gasteiger partial charge in [-0.25, -0.2) is 27.1 Å². The molecule has 0 aromatic heterocycles. The molecule has 226 valence electrons. The summed E-state index contributed by atoms with van der Waals surface area (Å²) in [4.78, 5) is 15.6. The van der Waals surface area contributed by atoms with Crippen LogP contribution in [0.2, 0.25) is 5.02 Å². The van der Waals surface area contributed by atoms with Crippen LogP contribution in [0.3, 0.4) is 0 Å². The number of benzene rings is 2. The van der Waals surface area contributed by atoms with Crippen LogP contribution in [0.1, 0.15) is 32.1 Å². The molecule has 0 radical (unpaired) electrons. The Balaban J connectivity index is 0.00000189. The number of hydroxylamine groups is 1. The van der Waals surface area contributed by atoms with Crippen molar-refractivity contribution in [2.75, 3.05) is 45.6 Å². The van der Waals surface area contributed by atoms with Crippen molar-refractivity contribution in [2.45, 2.75) is 48.6 Å². The van der Waals surface area contributed by atoms with Crippen molar-refractivity contribution in [3.63, 3.8) is 0 Å². The first-order chi connectivity index (χ1) is 19.8. The van der Waals surface area contributed by atoms with Crippen molar-refractivity contribution < 1.29 is 32.8 Å². The Morgan fingerprint density at radius 2 is 1.83 bits per heavy atom. The number of halogens is 3. The topological polar surface area (TPSA) is 106 Å². The van der Waals surface area contributed by atoms with Gasteiger partial charge in [-0.3, -0.25) is 10.0 Å². The van der Waals surface area contributed by atoms with Gasteiger partial charge < -0.3 is 14.7 Å². The molecule has 9 nitrogen and oxygen atoms in total. The van der Waals surface area contributed by atoms with Crippen molar-refractivity contribution in [3.8, 4) is 11.5 Å². The summed E-state index contributed by atoms with van der Waals surface area (Å²) in [6.07, 6.45) is 4.56. The molecule has 3 N–H and O–H groups in total. The van der Waals surface area contributed by atoms with E-state index in [0.29, 0.717) is 30.2 Å². The van der Waals surface area contributed by atoms with Gasteiger partial charge in [-0.1, -0.05) is 18.0 Å². The van der Waals surface area contributed by atoms with Crippen LogP contribution in [0.4, 0.5) is 8.78 Å². The minimum absolute atomic E-state index is 0.137. The molecule has 0 spiro atoms. The summed E-state index contributed by atoms with van der Waals surface area (Å²) in [5, 5.41) is 17.1. The standard InChI is InChI=1S/C26H31ClF2N4O4S2.CH4O/c27-18-4-6-20(7-5-18)37-24-22(28)14-21(15-23(24)29)38-33-19-8-9-26(33,25(34)30-35)17-32(16-19)39(36)13-12-31-10-2-1-3-11-31;1-2/h4-7,14-15,19,35H,1-3,8-13,16-17H2,(H,30,34);2H,1H3. The summed E-state index contributed by atoms with van der Waals surface area (Å²) >= 11 is 6.92. The summed E-state index contributed by atoms with van der Waals surface area (Å²) in [6, 6.07) is 8.25. The number of piperazine rings is 1. The average Bonchev–Trinajstić information content (AvgIpc) is 3.18. The van der Waals surface area contributed by atoms with Gasteiger partial charge in [0.05, 0.1) is 16.7 Å². The molecule has 14 heteroatoms. The Morgan fingerprint density at radius 1 is 1.17 bits per heavy atom. The van der Waals surface area contributed by atoms with Gasteiger partial charge >= 0.3 is 0 Å². The lowest BCUT2D eigenvalue weighted by molar-refractivity contribution is -0.140. The Kier molecular flexibility index (Phi) is 11.4. The second-order valence-electron chi connectivity index (χ2n) is 10.1. The fraction of sp³-hybridized carbons (Fsp3) is 0.519. The van der Waals surface area contributed by atoms with E-state index in [4.69, 9.17) is 21.4 Å². The number of aliphatic hydroxyl groups is 1. The Bertz CT molecular complexity index is 1200. The highest BCUT2D eigenvalue weighted by atomic mass is 35.5. The molecule has 0 aliphatic carbocycles. The molecule has 41 heavy (non-hydrogen) atoms. The molecule has 5 rings (SSSR count). The van der Waals surface area contributed by atoms with Crippen molar-refractivity contribution in [1.82, 2.24) is 19.0 Å². The number of rotatable bonds is 9. The molecule has 0 saturated carbocycles. The maximum absolute atomic E-state index is 15.0. The smallest absolute Gasteiger partial charge is 0.266 e. The van der Waals surface area contributed by atoms with Crippen LogP contribution < -0.4 is 10.2 Å². The van der Waals surface area contributed by atoms with Crippen molar-refractivity contribution in [3.05, 3.63) is 53.1 Å². The maximum atomic E-state index is 15.0. The van der Waals surface area contributed by atoms with Gasteiger partial charge in [-0.05, 0) is 87.1 Å². The maximum Gasteiger partial charge on any atom is 0.266 e. The zero-order valence-corrected chi connectivity index (χ0v) is 25.1. The number of carbonyl (C=O) groups is 1. The molecular weight excluding hydrogens is 598 g/mol. The van der Waals surface area contributed by atoms with Crippen molar-refractivity contribution >= 4 is 40.4 Å². The largest absolute Gasteiger partial charge is 0.451 e. The van der Waals surface area contributed by atoms with E-state index in [0.717, 1.165) is 63.7 Å². The summed E-state index contributed by atoms with van der Waals surface area (Å²) in [6.45, 7) is 3.34. The lowest BCUT2D eigenvalue weighted by Crippen LogP contribution is -2.65. The second-order valence-corrected chi connectivity index (χ2v) is 13.2.